The molecule has 116 valence electrons. The number of para-hydroxylation sites is 1. The van der Waals surface area contributed by atoms with Crippen LogP contribution in [-0.2, 0) is 19.1 Å². The molecular formula is C15H16N2O5. The Morgan fingerprint density at radius 2 is 1.82 bits per heavy atom. The van der Waals surface area contributed by atoms with E-state index in [0.717, 1.165) is 4.90 Å². The maximum atomic E-state index is 11.9. The average molecular weight is 304 g/mol. The number of esters is 1. The topological polar surface area (TPSA) is 92.8 Å². The molecule has 3 amide bonds. The van der Waals surface area contributed by atoms with Gasteiger partial charge in [0.2, 0.25) is 17.7 Å². The van der Waals surface area contributed by atoms with Gasteiger partial charge >= 0.3 is 5.97 Å². The van der Waals surface area contributed by atoms with E-state index in [2.05, 4.69) is 10.1 Å². The lowest BCUT2D eigenvalue weighted by molar-refractivity contribution is -0.138. The van der Waals surface area contributed by atoms with Crippen LogP contribution in [0.5, 0.6) is 0 Å². The van der Waals surface area contributed by atoms with E-state index in [4.69, 9.17) is 0 Å². The highest BCUT2D eigenvalue weighted by atomic mass is 16.5. The summed E-state index contributed by atoms with van der Waals surface area (Å²) in [7, 11) is 1.26. The minimum absolute atomic E-state index is 0.0208. The Balaban J connectivity index is 1.97. The summed E-state index contributed by atoms with van der Waals surface area (Å²) in [6.45, 7) is 0.0455. The highest BCUT2D eigenvalue weighted by molar-refractivity contribution is 6.03. The van der Waals surface area contributed by atoms with E-state index in [1.807, 2.05) is 0 Å². The van der Waals surface area contributed by atoms with E-state index in [1.165, 1.54) is 13.2 Å². The van der Waals surface area contributed by atoms with Crippen LogP contribution in [0.1, 0.15) is 29.6 Å². The maximum Gasteiger partial charge on any atom is 0.339 e. The number of carbonyl (C=O) groups excluding carboxylic acids is 4. The van der Waals surface area contributed by atoms with Crippen molar-refractivity contribution in [2.75, 3.05) is 19.0 Å². The molecule has 1 N–H and O–H groups in total. The van der Waals surface area contributed by atoms with Crippen molar-refractivity contribution in [1.29, 1.82) is 0 Å². The van der Waals surface area contributed by atoms with Gasteiger partial charge in [0.25, 0.3) is 0 Å². The molecule has 1 fully saturated rings. The molecule has 1 aliphatic heterocycles. The molecule has 22 heavy (non-hydrogen) atoms. The number of anilines is 1. The Labute approximate surface area is 127 Å². The fourth-order valence-electron chi connectivity index (χ4n) is 2.18. The normalized spacial score (nSPS) is 14.1. The molecule has 0 saturated carbocycles. The number of hydrogen-bond donors (Lipinski definition) is 1. The first-order valence-electron chi connectivity index (χ1n) is 6.83. The third-order valence-corrected chi connectivity index (χ3v) is 3.32. The third kappa shape index (κ3) is 3.49. The van der Waals surface area contributed by atoms with E-state index in [1.54, 1.807) is 18.2 Å². The molecule has 0 radical (unpaired) electrons. The number of imide groups is 1. The number of likely N-dealkylation sites (tertiary alicyclic amines) is 1. The largest absolute Gasteiger partial charge is 0.465 e. The standard InChI is InChI=1S/C15H16N2O5/c1-22-15(21)10-4-2-3-5-11(10)16-12(18)8-9-17-13(19)6-7-14(17)20/h2-5H,6-9H2,1H3,(H,16,18). The van der Waals surface area contributed by atoms with E-state index in [0.29, 0.717) is 5.69 Å². The molecule has 7 heteroatoms. The number of amides is 3. The van der Waals surface area contributed by atoms with Crippen LogP contribution in [0, 0.1) is 0 Å². The fraction of sp³-hybridized carbons (Fsp3) is 0.333. The van der Waals surface area contributed by atoms with Gasteiger partial charge in [-0.1, -0.05) is 12.1 Å². The molecule has 0 aliphatic carbocycles. The van der Waals surface area contributed by atoms with Gasteiger partial charge in [-0.2, -0.15) is 0 Å². The smallest absolute Gasteiger partial charge is 0.339 e. The number of nitrogens with one attached hydrogen (secondary N) is 1. The molecule has 7 nitrogen and oxygen atoms in total. The molecule has 0 aromatic heterocycles. The number of carbonyl (C=O) groups is 4. The first-order valence-corrected chi connectivity index (χ1v) is 6.83. The molecule has 1 aromatic carbocycles. The van der Waals surface area contributed by atoms with Crippen LogP contribution in [0.3, 0.4) is 0 Å². The summed E-state index contributed by atoms with van der Waals surface area (Å²) in [5.74, 6) is -1.45. The Kier molecular flexibility index (Phi) is 4.88. The van der Waals surface area contributed by atoms with E-state index in [9.17, 15) is 19.2 Å². The molecule has 1 saturated heterocycles. The monoisotopic (exact) mass is 304 g/mol. The number of ether oxygens (including phenoxy) is 1. The second kappa shape index (κ2) is 6.84. The van der Waals surface area contributed by atoms with Crippen LogP contribution < -0.4 is 5.32 Å². The lowest BCUT2D eigenvalue weighted by Crippen LogP contribution is -2.32. The zero-order valence-corrected chi connectivity index (χ0v) is 12.1. The van der Waals surface area contributed by atoms with E-state index < -0.39 is 5.97 Å². The summed E-state index contributed by atoms with van der Waals surface area (Å²) >= 11 is 0. The minimum atomic E-state index is -0.555. The zero-order chi connectivity index (χ0) is 16.1. The van der Waals surface area contributed by atoms with Crippen molar-refractivity contribution in [1.82, 2.24) is 4.90 Å². The predicted molar refractivity (Wildman–Crippen MR) is 77.0 cm³/mol. The summed E-state index contributed by atoms with van der Waals surface area (Å²) in [5, 5.41) is 2.59. The summed E-state index contributed by atoms with van der Waals surface area (Å²) in [4.78, 5) is 47.5. The number of benzene rings is 1. The van der Waals surface area contributed by atoms with E-state index >= 15 is 0 Å². The molecule has 0 spiro atoms. The molecular weight excluding hydrogens is 288 g/mol. The van der Waals surface area contributed by atoms with Crippen molar-refractivity contribution in [3.63, 3.8) is 0 Å². The van der Waals surface area contributed by atoms with Gasteiger partial charge in [0, 0.05) is 25.8 Å². The lowest BCUT2D eigenvalue weighted by Gasteiger charge is -2.14. The maximum absolute atomic E-state index is 11.9. The van der Waals surface area contributed by atoms with E-state index in [-0.39, 0.29) is 49.1 Å². The van der Waals surface area contributed by atoms with Crippen molar-refractivity contribution >= 4 is 29.4 Å². The van der Waals surface area contributed by atoms with Gasteiger partial charge in [-0.15, -0.1) is 0 Å². The highest BCUT2D eigenvalue weighted by Crippen LogP contribution is 2.17. The summed E-state index contributed by atoms with van der Waals surface area (Å²) < 4.78 is 4.64. The summed E-state index contributed by atoms with van der Waals surface area (Å²) in [6, 6.07) is 6.45. The Morgan fingerprint density at radius 3 is 2.45 bits per heavy atom. The lowest BCUT2D eigenvalue weighted by atomic mass is 10.1. The molecule has 1 aromatic rings. The quantitative estimate of drug-likeness (QED) is 0.646. The minimum Gasteiger partial charge on any atom is -0.465 e. The molecule has 1 aliphatic rings. The van der Waals surface area contributed by atoms with Gasteiger partial charge in [0.15, 0.2) is 0 Å². The number of nitrogens with zero attached hydrogens (tertiary/aromatic N) is 1. The Morgan fingerprint density at radius 1 is 1.18 bits per heavy atom. The second-order valence-corrected chi connectivity index (χ2v) is 4.77. The predicted octanol–water partition coefficient (Wildman–Crippen LogP) is 0.951. The van der Waals surface area contributed by atoms with Gasteiger partial charge in [0.1, 0.15) is 0 Å². The number of hydrogen-bond acceptors (Lipinski definition) is 5. The highest BCUT2D eigenvalue weighted by Gasteiger charge is 2.28. The Bertz CT molecular complexity index is 610. The molecule has 2 rings (SSSR count). The molecule has 0 unspecified atom stereocenters. The van der Waals surface area contributed by atoms with Crippen LogP contribution in [0.2, 0.25) is 0 Å². The first-order chi connectivity index (χ1) is 10.5. The molecule has 0 atom stereocenters. The fourth-order valence-corrected chi connectivity index (χ4v) is 2.18. The number of rotatable bonds is 5. The van der Waals surface area contributed by atoms with Crippen molar-refractivity contribution in [2.24, 2.45) is 0 Å². The Hall–Kier alpha value is -2.70. The van der Waals surface area contributed by atoms with Crippen LogP contribution in [0.15, 0.2) is 24.3 Å². The van der Waals surface area contributed by atoms with Gasteiger partial charge < -0.3 is 10.1 Å². The zero-order valence-electron chi connectivity index (χ0n) is 12.1. The van der Waals surface area contributed by atoms with Crippen molar-refractivity contribution in [3.05, 3.63) is 29.8 Å². The summed E-state index contributed by atoms with van der Waals surface area (Å²) in [5.41, 5.74) is 0.574. The molecule has 0 bridgehead atoms. The third-order valence-electron chi connectivity index (χ3n) is 3.32. The van der Waals surface area contributed by atoms with Crippen LogP contribution in [0.25, 0.3) is 0 Å². The SMILES string of the molecule is COC(=O)c1ccccc1NC(=O)CCN1C(=O)CCC1=O. The average Bonchev–Trinajstić information content (AvgIpc) is 2.83. The van der Waals surface area contributed by atoms with Gasteiger partial charge in [-0.25, -0.2) is 4.79 Å². The first kappa shape index (κ1) is 15.7. The van der Waals surface area contributed by atoms with Crippen molar-refractivity contribution in [2.45, 2.75) is 19.3 Å². The van der Waals surface area contributed by atoms with Crippen LogP contribution >= 0.6 is 0 Å². The van der Waals surface area contributed by atoms with Gasteiger partial charge in [-0.05, 0) is 12.1 Å². The molecule has 1 heterocycles. The summed E-state index contributed by atoms with van der Waals surface area (Å²) in [6.07, 6.45) is 0.379. The van der Waals surface area contributed by atoms with Gasteiger partial charge in [0.05, 0.1) is 18.4 Å². The van der Waals surface area contributed by atoms with Crippen LogP contribution in [0.4, 0.5) is 5.69 Å². The van der Waals surface area contributed by atoms with Crippen molar-refractivity contribution < 1.29 is 23.9 Å². The number of methoxy groups -OCH3 is 1. The second-order valence-electron chi connectivity index (χ2n) is 4.77. The van der Waals surface area contributed by atoms with Crippen LogP contribution in [-0.4, -0.2) is 42.2 Å². The van der Waals surface area contributed by atoms with Crippen molar-refractivity contribution in [3.8, 4) is 0 Å². The van der Waals surface area contributed by atoms with Gasteiger partial charge in [-0.3, -0.25) is 19.3 Å².